The van der Waals surface area contributed by atoms with Gasteiger partial charge in [0.25, 0.3) is 0 Å². The summed E-state index contributed by atoms with van der Waals surface area (Å²) in [5, 5.41) is 3.20. The van der Waals surface area contributed by atoms with Crippen LogP contribution in [0.25, 0.3) is 11.3 Å². The van der Waals surface area contributed by atoms with Crippen molar-refractivity contribution < 1.29 is 4.74 Å². The average molecular weight is 311 g/mol. The molecular formula is C17H17N3OS. The molecule has 0 atom stereocenters. The number of hydrogen-bond acceptors (Lipinski definition) is 5. The van der Waals surface area contributed by atoms with Crippen molar-refractivity contribution in [1.29, 1.82) is 0 Å². The molecule has 0 unspecified atom stereocenters. The number of nitrogen functional groups attached to an aromatic ring is 1. The molecule has 2 heterocycles. The van der Waals surface area contributed by atoms with Crippen molar-refractivity contribution in [2.24, 2.45) is 0 Å². The first-order chi connectivity index (χ1) is 10.8. The molecule has 112 valence electrons. The van der Waals surface area contributed by atoms with Gasteiger partial charge >= 0.3 is 0 Å². The predicted octanol–water partition coefficient (Wildman–Crippen LogP) is 3.80. The second-order valence-corrected chi connectivity index (χ2v) is 5.83. The molecule has 0 spiro atoms. The molecule has 0 fully saturated rings. The lowest BCUT2D eigenvalue weighted by Crippen LogP contribution is -1.99. The summed E-state index contributed by atoms with van der Waals surface area (Å²) in [4.78, 5) is 8.76. The molecule has 2 N–H and O–H groups in total. The molecule has 0 aliphatic carbocycles. The Morgan fingerprint density at radius 3 is 2.77 bits per heavy atom. The van der Waals surface area contributed by atoms with Gasteiger partial charge in [-0.2, -0.15) is 0 Å². The van der Waals surface area contributed by atoms with E-state index in [1.54, 1.807) is 17.5 Å². The monoisotopic (exact) mass is 311 g/mol. The maximum Gasteiger partial charge on any atom is 0.119 e. The van der Waals surface area contributed by atoms with Gasteiger partial charge in [-0.25, -0.2) is 4.98 Å². The van der Waals surface area contributed by atoms with Crippen LogP contribution in [0.3, 0.4) is 0 Å². The van der Waals surface area contributed by atoms with Gasteiger partial charge < -0.3 is 10.5 Å². The minimum absolute atomic E-state index is 0.672. The molecule has 5 heteroatoms. The quantitative estimate of drug-likeness (QED) is 0.555. The second-order valence-electron chi connectivity index (χ2n) is 4.89. The third-order valence-corrected chi connectivity index (χ3v) is 4.10. The number of ether oxygens (including phenoxy) is 1. The zero-order valence-electron chi connectivity index (χ0n) is 12.1. The number of hydrogen-bond donors (Lipinski definition) is 1. The molecule has 0 saturated carbocycles. The van der Waals surface area contributed by atoms with Crippen LogP contribution in [0.5, 0.6) is 5.75 Å². The molecule has 0 aliphatic heterocycles. The van der Waals surface area contributed by atoms with Crippen LogP contribution >= 0.6 is 11.3 Å². The summed E-state index contributed by atoms with van der Waals surface area (Å²) >= 11 is 1.68. The zero-order valence-corrected chi connectivity index (χ0v) is 12.9. The molecule has 3 rings (SSSR count). The van der Waals surface area contributed by atoms with Crippen LogP contribution in [-0.2, 0) is 6.42 Å². The Morgan fingerprint density at radius 2 is 2.00 bits per heavy atom. The standard InChI is InChI=1S/C17H17N3OS/c18-14-5-7-15(8-6-14)21-10-2-4-17-20-16(12-22-17)13-3-1-9-19-11-13/h1,3,5-9,11-12H,2,4,10,18H2. The molecule has 0 aliphatic rings. The molecule has 0 bridgehead atoms. The lowest BCUT2D eigenvalue weighted by molar-refractivity contribution is 0.311. The highest BCUT2D eigenvalue weighted by Gasteiger charge is 2.04. The molecule has 0 radical (unpaired) electrons. The summed E-state index contributed by atoms with van der Waals surface area (Å²) in [7, 11) is 0. The van der Waals surface area contributed by atoms with Crippen LogP contribution in [0.2, 0.25) is 0 Å². The normalized spacial score (nSPS) is 10.5. The minimum atomic E-state index is 0.672. The number of rotatable bonds is 6. The highest BCUT2D eigenvalue weighted by atomic mass is 32.1. The topological polar surface area (TPSA) is 61.0 Å². The number of nitrogens with two attached hydrogens (primary N) is 1. The van der Waals surface area contributed by atoms with Gasteiger partial charge in [-0.1, -0.05) is 0 Å². The Labute approximate surface area is 133 Å². The summed E-state index contributed by atoms with van der Waals surface area (Å²) in [6.45, 7) is 0.672. The fourth-order valence-electron chi connectivity index (χ4n) is 2.05. The van der Waals surface area contributed by atoms with E-state index in [1.807, 2.05) is 42.6 Å². The van der Waals surface area contributed by atoms with E-state index in [1.165, 1.54) is 0 Å². The van der Waals surface area contributed by atoms with Crippen molar-refractivity contribution in [2.75, 3.05) is 12.3 Å². The number of nitrogens with zero attached hydrogens (tertiary/aromatic N) is 2. The van der Waals surface area contributed by atoms with Crippen LogP contribution < -0.4 is 10.5 Å². The minimum Gasteiger partial charge on any atom is -0.494 e. The summed E-state index contributed by atoms with van der Waals surface area (Å²) < 4.78 is 5.69. The number of benzene rings is 1. The molecule has 22 heavy (non-hydrogen) atoms. The van der Waals surface area contributed by atoms with E-state index in [4.69, 9.17) is 10.5 Å². The van der Waals surface area contributed by atoms with Gasteiger partial charge in [0.2, 0.25) is 0 Å². The van der Waals surface area contributed by atoms with Crippen LogP contribution in [-0.4, -0.2) is 16.6 Å². The van der Waals surface area contributed by atoms with Crippen molar-refractivity contribution in [3.8, 4) is 17.0 Å². The smallest absolute Gasteiger partial charge is 0.119 e. The van der Waals surface area contributed by atoms with Crippen molar-refractivity contribution >= 4 is 17.0 Å². The molecule has 3 aromatic rings. The summed E-state index contributed by atoms with van der Waals surface area (Å²) in [5.74, 6) is 0.851. The highest BCUT2D eigenvalue weighted by Crippen LogP contribution is 2.21. The predicted molar refractivity (Wildman–Crippen MR) is 90.0 cm³/mol. The van der Waals surface area contributed by atoms with Crippen LogP contribution in [0.1, 0.15) is 11.4 Å². The van der Waals surface area contributed by atoms with Gasteiger partial charge in [-0.15, -0.1) is 11.3 Å². The molecular weight excluding hydrogens is 294 g/mol. The largest absolute Gasteiger partial charge is 0.494 e. The van der Waals surface area contributed by atoms with Crippen molar-refractivity contribution in [3.05, 3.63) is 59.2 Å². The fourth-order valence-corrected chi connectivity index (χ4v) is 2.90. The lowest BCUT2D eigenvalue weighted by atomic mass is 10.2. The van der Waals surface area contributed by atoms with E-state index in [0.717, 1.165) is 40.5 Å². The van der Waals surface area contributed by atoms with E-state index in [0.29, 0.717) is 6.61 Å². The van der Waals surface area contributed by atoms with E-state index < -0.39 is 0 Å². The van der Waals surface area contributed by atoms with Gasteiger partial charge in [-0.05, 0) is 42.8 Å². The fraction of sp³-hybridized carbons (Fsp3) is 0.176. The number of aryl methyl sites for hydroxylation is 1. The van der Waals surface area contributed by atoms with Crippen LogP contribution in [0.15, 0.2) is 54.2 Å². The van der Waals surface area contributed by atoms with Crippen molar-refractivity contribution in [1.82, 2.24) is 9.97 Å². The first-order valence-corrected chi connectivity index (χ1v) is 8.02. The Bertz CT molecular complexity index is 710. The van der Waals surface area contributed by atoms with E-state index in [9.17, 15) is 0 Å². The number of aromatic nitrogens is 2. The summed E-state index contributed by atoms with van der Waals surface area (Å²) in [6, 6.07) is 11.4. The first-order valence-electron chi connectivity index (χ1n) is 7.14. The Morgan fingerprint density at radius 1 is 1.14 bits per heavy atom. The average Bonchev–Trinajstić information content (AvgIpc) is 3.03. The summed E-state index contributed by atoms with van der Waals surface area (Å²) in [5.41, 5.74) is 8.44. The van der Waals surface area contributed by atoms with Crippen molar-refractivity contribution in [3.63, 3.8) is 0 Å². The van der Waals surface area contributed by atoms with E-state index >= 15 is 0 Å². The maximum absolute atomic E-state index is 5.69. The van der Waals surface area contributed by atoms with Crippen molar-refractivity contribution in [2.45, 2.75) is 12.8 Å². The maximum atomic E-state index is 5.69. The Hall–Kier alpha value is -2.40. The SMILES string of the molecule is Nc1ccc(OCCCc2nc(-c3cccnc3)cs2)cc1. The Kier molecular flexibility index (Phi) is 4.65. The van der Waals surface area contributed by atoms with Gasteiger partial charge in [-0.3, -0.25) is 4.98 Å². The molecule has 0 amide bonds. The third-order valence-electron chi connectivity index (χ3n) is 3.19. The number of anilines is 1. The van der Waals surface area contributed by atoms with Gasteiger partial charge in [0.1, 0.15) is 5.75 Å². The summed E-state index contributed by atoms with van der Waals surface area (Å²) in [6.07, 6.45) is 5.46. The molecule has 1 aromatic carbocycles. The molecule has 2 aromatic heterocycles. The van der Waals surface area contributed by atoms with Crippen LogP contribution in [0.4, 0.5) is 5.69 Å². The van der Waals surface area contributed by atoms with Gasteiger partial charge in [0.15, 0.2) is 0 Å². The Balaban J connectivity index is 1.48. The molecule has 4 nitrogen and oxygen atoms in total. The van der Waals surface area contributed by atoms with Crippen LogP contribution in [0, 0.1) is 0 Å². The number of pyridine rings is 1. The highest BCUT2D eigenvalue weighted by molar-refractivity contribution is 7.09. The van der Waals surface area contributed by atoms with E-state index in [2.05, 4.69) is 15.3 Å². The third kappa shape index (κ3) is 3.83. The van der Waals surface area contributed by atoms with Gasteiger partial charge in [0, 0.05) is 35.4 Å². The van der Waals surface area contributed by atoms with E-state index in [-0.39, 0.29) is 0 Å². The zero-order chi connectivity index (χ0) is 15.2. The lowest BCUT2D eigenvalue weighted by Gasteiger charge is -2.05. The number of thiazole rings is 1. The first kappa shape index (κ1) is 14.5. The van der Waals surface area contributed by atoms with Gasteiger partial charge in [0.05, 0.1) is 17.3 Å². The molecule has 0 saturated heterocycles. The second kappa shape index (κ2) is 7.04.